The number of halogens is 3. The molecule has 4 rings (SSSR count). The number of aromatic nitrogens is 2. The second kappa shape index (κ2) is 6.93. The molecule has 2 unspecified atom stereocenters. The van der Waals surface area contributed by atoms with Crippen molar-refractivity contribution in [3.63, 3.8) is 0 Å². The fourth-order valence-electron chi connectivity index (χ4n) is 4.36. The maximum absolute atomic E-state index is 13.2. The first-order valence-electron chi connectivity index (χ1n) is 9.92. The van der Waals surface area contributed by atoms with Crippen molar-refractivity contribution in [2.75, 3.05) is 5.73 Å². The second-order valence-corrected chi connectivity index (χ2v) is 8.97. The Balaban J connectivity index is 1.72. The molecule has 1 aliphatic carbocycles. The molecule has 8 heteroatoms. The number of fused-ring (bicyclic) bond motifs is 1. The van der Waals surface area contributed by atoms with Gasteiger partial charge in [-0.2, -0.15) is 13.2 Å². The lowest BCUT2D eigenvalue weighted by atomic mass is 9.85. The van der Waals surface area contributed by atoms with Gasteiger partial charge in [0.05, 0.1) is 28.0 Å². The Morgan fingerprint density at radius 2 is 1.90 bits per heavy atom. The van der Waals surface area contributed by atoms with Crippen molar-refractivity contribution >= 4 is 22.5 Å². The minimum Gasteiger partial charge on any atom is -0.397 e. The molecule has 1 amide bonds. The van der Waals surface area contributed by atoms with E-state index in [4.69, 9.17) is 5.73 Å². The van der Waals surface area contributed by atoms with Crippen molar-refractivity contribution in [2.45, 2.75) is 38.9 Å². The summed E-state index contributed by atoms with van der Waals surface area (Å²) in [6.45, 7) is 5.87. The Kier molecular flexibility index (Phi) is 4.72. The Morgan fingerprint density at radius 3 is 2.52 bits per heavy atom. The number of nitrogens with zero attached hydrogens (tertiary/aromatic N) is 2. The SMILES string of the molecule is CC1(C)CC1C(C)(NC(=O)c1ccc2ncccc2c1)c1ncc(C(F)(F)F)cc1N. The van der Waals surface area contributed by atoms with Crippen LogP contribution >= 0.6 is 0 Å². The van der Waals surface area contributed by atoms with Gasteiger partial charge in [-0.05, 0) is 55.0 Å². The highest BCUT2D eigenvalue weighted by atomic mass is 19.4. The maximum Gasteiger partial charge on any atom is 0.417 e. The van der Waals surface area contributed by atoms with E-state index in [0.717, 1.165) is 29.6 Å². The smallest absolute Gasteiger partial charge is 0.397 e. The van der Waals surface area contributed by atoms with Crippen LogP contribution in [0.5, 0.6) is 0 Å². The largest absolute Gasteiger partial charge is 0.417 e. The summed E-state index contributed by atoms with van der Waals surface area (Å²) in [5, 5.41) is 3.84. The number of nitrogens with one attached hydrogen (secondary N) is 1. The predicted molar refractivity (Wildman–Crippen MR) is 112 cm³/mol. The Labute approximate surface area is 177 Å². The van der Waals surface area contributed by atoms with Gasteiger partial charge in [-0.25, -0.2) is 0 Å². The zero-order valence-corrected chi connectivity index (χ0v) is 17.4. The molecule has 1 fully saturated rings. The predicted octanol–water partition coefficient (Wildman–Crippen LogP) is 4.92. The van der Waals surface area contributed by atoms with Crippen LogP contribution in [0.1, 0.15) is 48.8 Å². The lowest BCUT2D eigenvalue weighted by molar-refractivity contribution is -0.137. The summed E-state index contributed by atoms with van der Waals surface area (Å²) in [5.41, 5.74) is 5.31. The highest BCUT2D eigenvalue weighted by Gasteiger charge is 2.58. The number of rotatable bonds is 4. The minimum absolute atomic E-state index is 0.0300. The number of hydrogen-bond donors (Lipinski definition) is 2. The maximum atomic E-state index is 13.2. The summed E-state index contributed by atoms with van der Waals surface area (Å²) in [6.07, 6.45) is -1.31. The molecule has 3 aromatic rings. The topological polar surface area (TPSA) is 80.9 Å². The zero-order chi connectivity index (χ0) is 22.6. The van der Waals surface area contributed by atoms with Crippen LogP contribution in [0.2, 0.25) is 0 Å². The first-order valence-corrected chi connectivity index (χ1v) is 9.92. The summed E-state index contributed by atoms with van der Waals surface area (Å²) >= 11 is 0. The number of amides is 1. The van der Waals surface area contributed by atoms with Crippen LogP contribution < -0.4 is 11.1 Å². The summed E-state index contributed by atoms with van der Waals surface area (Å²) < 4.78 is 39.2. The Morgan fingerprint density at radius 1 is 1.19 bits per heavy atom. The minimum atomic E-state index is -4.54. The monoisotopic (exact) mass is 428 g/mol. The molecule has 0 radical (unpaired) electrons. The lowest BCUT2D eigenvalue weighted by Crippen LogP contribution is -2.47. The van der Waals surface area contributed by atoms with E-state index in [1.165, 1.54) is 0 Å². The average Bonchev–Trinajstić information content (AvgIpc) is 3.35. The number of pyridine rings is 2. The molecule has 0 saturated heterocycles. The number of anilines is 1. The van der Waals surface area contributed by atoms with Crippen molar-refractivity contribution in [2.24, 2.45) is 11.3 Å². The molecule has 2 aromatic heterocycles. The molecule has 0 spiro atoms. The number of benzene rings is 1. The molecule has 0 bridgehead atoms. The molecule has 1 aromatic carbocycles. The summed E-state index contributed by atoms with van der Waals surface area (Å²) in [6, 6.07) is 9.69. The van der Waals surface area contributed by atoms with Crippen LogP contribution in [0.4, 0.5) is 18.9 Å². The van der Waals surface area contributed by atoms with Crippen LogP contribution in [0.3, 0.4) is 0 Å². The van der Waals surface area contributed by atoms with Gasteiger partial charge in [0.2, 0.25) is 0 Å². The standard InChI is InChI=1S/C23H23F3N4O/c1-21(2)11-18(21)22(3,19-16(27)10-15(12-29-19)23(24,25)26)30-20(31)14-6-7-17-13(9-14)5-4-8-28-17/h4-10,12,18H,11,27H2,1-3H3,(H,30,31). The second-order valence-electron chi connectivity index (χ2n) is 8.97. The number of nitrogen functional groups attached to an aromatic ring is 1. The Hall–Kier alpha value is -3.16. The third-order valence-electron chi connectivity index (χ3n) is 6.19. The zero-order valence-electron chi connectivity index (χ0n) is 17.4. The van der Waals surface area contributed by atoms with Gasteiger partial charge in [-0.1, -0.05) is 19.9 Å². The first kappa shape index (κ1) is 21.1. The summed E-state index contributed by atoms with van der Waals surface area (Å²) in [4.78, 5) is 21.5. The molecule has 5 nitrogen and oxygen atoms in total. The number of alkyl halides is 3. The van der Waals surface area contributed by atoms with E-state index < -0.39 is 17.3 Å². The van der Waals surface area contributed by atoms with E-state index in [-0.39, 0.29) is 28.6 Å². The number of hydrogen-bond acceptors (Lipinski definition) is 4. The van der Waals surface area contributed by atoms with Crippen LogP contribution in [-0.2, 0) is 11.7 Å². The van der Waals surface area contributed by atoms with E-state index in [0.29, 0.717) is 5.56 Å². The van der Waals surface area contributed by atoms with Crippen LogP contribution in [0.15, 0.2) is 48.8 Å². The number of nitrogens with two attached hydrogens (primary N) is 1. The van der Waals surface area contributed by atoms with Crippen LogP contribution in [0, 0.1) is 11.3 Å². The summed E-state index contributed by atoms with van der Waals surface area (Å²) in [5.74, 6) is -0.380. The average molecular weight is 428 g/mol. The molecule has 3 N–H and O–H groups in total. The van der Waals surface area contributed by atoms with Gasteiger partial charge < -0.3 is 11.1 Å². The highest BCUT2D eigenvalue weighted by Crippen LogP contribution is 2.60. The van der Waals surface area contributed by atoms with Gasteiger partial charge in [-0.3, -0.25) is 14.8 Å². The van der Waals surface area contributed by atoms with Crippen LogP contribution in [0.25, 0.3) is 10.9 Å². The Bertz CT molecular complexity index is 1170. The number of carbonyl (C=O) groups is 1. The molecule has 162 valence electrons. The van der Waals surface area contributed by atoms with Gasteiger partial charge in [0, 0.05) is 23.3 Å². The fraction of sp³-hybridized carbons (Fsp3) is 0.348. The highest BCUT2D eigenvalue weighted by molar-refractivity contribution is 5.98. The normalized spacial score (nSPS) is 19.6. The van der Waals surface area contributed by atoms with Gasteiger partial charge in [-0.15, -0.1) is 0 Å². The fourth-order valence-corrected chi connectivity index (χ4v) is 4.36. The number of carbonyl (C=O) groups excluding carboxylic acids is 1. The molecule has 2 atom stereocenters. The molecule has 1 aliphatic rings. The van der Waals surface area contributed by atoms with Crippen molar-refractivity contribution in [3.05, 3.63) is 65.6 Å². The summed E-state index contributed by atoms with van der Waals surface area (Å²) in [7, 11) is 0. The first-order chi connectivity index (χ1) is 14.4. The molecule has 0 aliphatic heterocycles. The van der Waals surface area contributed by atoms with E-state index in [1.54, 1.807) is 37.4 Å². The molecular weight excluding hydrogens is 405 g/mol. The van der Waals surface area contributed by atoms with Crippen molar-refractivity contribution in [3.8, 4) is 0 Å². The molecule has 1 saturated carbocycles. The molecule has 31 heavy (non-hydrogen) atoms. The van der Waals surface area contributed by atoms with E-state index in [2.05, 4.69) is 15.3 Å². The van der Waals surface area contributed by atoms with Crippen LogP contribution in [-0.4, -0.2) is 15.9 Å². The van der Waals surface area contributed by atoms with Gasteiger partial charge in [0.15, 0.2) is 0 Å². The van der Waals surface area contributed by atoms with Crippen molar-refractivity contribution in [1.82, 2.24) is 15.3 Å². The van der Waals surface area contributed by atoms with Gasteiger partial charge in [0.25, 0.3) is 5.91 Å². The van der Waals surface area contributed by atoms with Crippen molar-refractivity contribution in [1.29, 1.82) is 0 Å². The third-order valence-corrected chi connectivity index (χ3v) is 6.19. The van der Waals surface area contributed by atoms with E-state index in [9.17, 15) is 18.0 Å². The lowest BCUT2D eigenvalue weighted by Gasteiger charge is -2.33. The van der Waals surface area contributed by atoms with E-state index >= 15 is 0 Å². The third kappa shape index (κ3) is 3.82. The van der Waals surface area contributed by atoms with Gasteiger partial charge in [0.1, 0.15) is 0 Å². The van der Waals surface area contributed by atoms with Gasteiger partial charge >= 0.3 is 6.18 Å². The molecular formula is C23H23F3N4O. The molecule has 2 heterocycles. The van der Waals surface area contributed by atoms with Crippen molar-refractivity contribution < 1.29 is 18.0 Å². The quantitative estimate of drug-likeness (QED) is 0.618. The van der Waals surface area contributed by atoms with E-state index in [1.807, 2.05) is 19.9 Å².